The van der Waals surface area contributed by atoms with Gasteiger partial charge in [0.25, 0.3) is 0 Å². The molecule has 0 aromatic heterocycles. The van der Waals surface area contributed by atoms with Gasteiger partial charge >= 0.3 is 5.97 Å². The van der Waals surface area contributed by atoms with Crippen LogP contribution >= 0.6 is 0 Å². The highest BCUT2D eigenvalue weighted by atomic mass is 16.4. The molecule has 1 N–H and O–H groups in total. The van der Waals surface area contributed by atoms with Gasteiger partial charge in [-0.3, -0.25) is 4.79 Å². The summed E-state index contributed by atoms with van der Waals surface area (Å²) >= 11 is 0. The van der Waals surface area contributed by atoms with Gasteiger partial charge < -0.3 is 5.11 Å². The summed E-state index contributed by atoms with van der Waals surface area (Å²) < 4.78 is 0. The van der Waals surface area contributed by atoms with Crippen LogP contribution in [-0.4, -0.2) is 11.1 Å². The summed E-state index contributed by atoms with van der Waals surface area (Å²) in [5.74, 6) is -0.715. The molecule has 0 aliphatic rings. The van der Waals surface area contributed by atoms with Gasteiger partial charge in [0, 0.05) is 6.42 Å². The zero-order valence-electron chi connectivity index (χ0n) is 13.8. The van der Waals surface area contributed by atoms with Crippen molar-refractivity contribution >= 4 is 5.97 Å². The number of aliphatic carboxylic acids is 1. The second kappa shape index (κ2) is 20.2. The van der Waals surface area contributed by atoms with Crippen molar-refractivity contribution in [2.24, 2.45) is 0 Å². The summed E-state index contributed by atoms with van der Waals surface area (Å²) in [6.07, 6.45) is 28.4. The van der Waals surface area contributed by atoms with Crippen molar-refractivity contribution in [1.82, 2.24) is 0 Å². The van der Waals surface area contributed by atoms with E-state index in [9.17, 15) is 4.79 Å². The zero-order chi connectivity index (χ0) is 16.3. The van der Waals surface area contributed by atoms with Gasteiger partial charge in [0.1, 0.15) is 0 Å². The van der Waals surface area contributed by atoms with E-state index in [0.717, 1.165) is 44.9 Å². The molecule has 0 atom stereocenters. The zero-order valence-corrected chi connectivity index (χ0v) is 13.8. The van der Waals surface area contributed by atoms with Crippen molar-refractivity contribution in [3.05, 3.63) is 60.8 Å². The first-order chi connectivity index (χ1) is 10.8. The number of carboxylic acid groups (broad SMARTS) is 1. The Labute approximate surface area is 143 Å². The van der Waals surface area contributed by atoms with Crippen LogP contribution in [0.2, 0.25) is 0 Å². The Balaban J connectivity index is 0. The molecule has 0 spiro atoms. The highest BCUT2D eigenvalue weighted by Crippen LogP contribution is 1.99. The minimum atomic E-state index is -0.715. The van der Waals surface area contributed by atoms with Crippen molar-refractivity contribution in [3.8, 4) is 0 Å². The molecule has 0 fully saturated rings. The van der Waals surface area contributed by atoms with Gasteiger partial charge in [-0.05, 0) is 44.9 Å². The summed E-state index contributed by atoms with van der Waals surface area (Å²) in [6.45, 7) is 2.14. The first kappa shape index (κ1) is 23.4. The van der Waals surface area contributed by atoms with E-state index in [1.54, 1.807) is 0 Å². The van der Waals surface area contributed by atoms with E-state index in [1.165, 1.54) is 0 Å². The van der Waals surface area contributed by atoms with Gasteiger partial charge in [-0.25, -0.2) is 0 Å². The second-order valence-corrected chi connectivity index (χ2v) is 4.99. The van der Waals surface area contributed by atoms with Crippen molar-refractivity contribution < 1.29 is 9.90 Å². The van der Waals surface area contributed by atoms with Crippen molar-refractivity contribution in [1.29, 1.82) is 0 Å². The van der Waals surface area contributed by atoms with Crippen molar-refractivity contribution in [2.75, 3.05) is 0 Å². The number of hydrogen-bond donors (Lipinski definition) is 1. The predicted octanol–water partition coefficient (Wildman–Crippen LogP) is 6.63. The number of carbonyl (C=O) groups is 1. The highest BCUT2D eigenvalue weighted by Gasteiger charge is 1.92. The lowest BCUT2D eigenvalue weighted by Crippen LogP contribution is -1.92. The average molecular weight is 319 g/mol. The van der Waals surface area contributed by atoms with Crippen LogP contribution in [0.15, 0.2) is 60.8 Å². The lowest BCUT2D eigenvalue weighted by Gasteiger charge is -1.89. The minimum Gasteiger partial charge on any atom is -0.481 e. The van der Waals surface area contributed by atoms with E-state index in [0.29, 0.717) is 0 Å². The Morgan fingerprint density at radius 2 is 1.13 bits per heavy atom. The van der Waals surface area contributed by atoms with Crippen LogP contribution in [0.4, 0.5) is 0 Å². The molecule has 0 rings (SSSR count). The maximum atomic E-state index is 10.3. The second-order valence-electron chi connectivity index (χ2n) is 4.99. The Morgan fingerprint density at radius 1 is 0.739 bits per heavy atom. The number of allylic oxidation sites excluding steroid dienone is 10. The van der Waals surface area contributed by atoms with Crippen LogP contribution in [0.25, 0.3) is 0 Å². The number of unbranched alkanes of at least 4 members (excludes halogenated alkanes) is 1. The Kier molecular flexibility index (Phi) is 20.6. The monoisotopic (exact) mass is 318 g/mol. The third-order valence-electron chi connectivity index (χ3n) is 2.92. The van der Waals surface area contributed by atoms with E-state index in [4.69, 9.17) is 5.11 Å². The van der Waals surface area contributed by atoms with Gasteiger partial charge in [-0.2, -0.15) is 0 Å². The number of carboxylic acids is 1. The first-order valence-electron chi connectivity index (χ1n) is 8.24. The summed E-state index contributed by atoms with van der Waals surface area (Å²) in [5, 5.41) is 8.49. The number of rotatable bonds is 13. The minimum absolute atomic E-state index is 0. The molecule has 0 amide bonds. The molecule has 23 heavy (non-hydrogen) atoms. The van der Waals surface area contributed by atoms with E-state index < -0.39 is 5.97 Å². The van der Waals surface area contributed by atoms with Gasteiger partial charge in [0.05, 0.1) is 0 Å². The fourth-order valence-corrected chi connectivity index (χ4v) is 1.74. The van der Waals surface area contributed by atoms with Crippen molar-refractivity contribution in [3.63, 3.8) is 0 Å². The maximum Gasteiger partial charge on any atom is 0.303 e. The lowest BCUT2D eigenvalue weighted by molar-refractivity contribution is -0.137. The van der Waals surface area contributed by atoms with Gasteiger partial charge in [-0.1, -0.05) is 75.1 Å². The standard InChI is InChI=1S/C20H30O2.CH4/c1-2-3-4-5-6-7-8-9-10-11-12-13-14-15-16-17-18-19-20(21)22;/h3-4,6-7,9-10,12-13,15-16H,2,5,8,11,14,17-19H2,1H3,(H,21,22);1H4/b4-3-,7-6-,10-9-,13-12-,16-15-;. The molecular formula is C21H34O2. The SMILES string of the molecule is C.CC/C=C\C/C=C\C/C=C\C/C=C\C/C=C\CCCC(=O)O. The van der Waals surface area contributed by atoms with Crippen LogP contribution in [0, 0.1) is 0 Å². The van der Waals surface area contributed by atoms with Crippen LogP contribution < -0.4 is 0 Å². The summed E-state index contributed by atoms with van der Waals surface area (Å²) in [5.41, 5.74) is 0. The molecule has 0 aromatic carbocycles. The Hall–Kier alpha value is -1.83. The Morgan fingerprint density at radius 3 is 1.52 bits per heavy atom. The molecule has 0 bridgehead atoms. The smallest absolute Gasteiger partial charge is 0.303 e. The molecule has 0 aliphatic heterocycles. The molecule has 0 aromatic rings. The summed E-state index contributed by atoms with van der Waals surface area (Å²) in [6, 6.07) is 0. The van der Waals surface area contributed by atoms with Crippen molar-refractivity contribution in [2.45, 2.75) is 65.7 Å². The van der Waals surface area contributed by atoms with E-state index in [-0.39, 0.29) is 13.8 Å². The van der Waals surface area contributed by atoms with E-state index >= 15 is 0 Å². The topological polar surface area (TPSA) is 37.3 Å². The van der Waals surface area contributed by atoms with Gasteiger partial charge in [0.15, 0.2) is 0 Å². The lowest BCUT2D eigenvalue weighted by atomic mass is 10.2. The molecule has 130 valence electrons. The summed E-state index contributed by atoms with van der Waals surface area (Å²) in [7, 11) is 0. The molecule has 0 saturated heterocycles. The molecular weight excluding hydrogens is 284 g/mol. The third kappa shape index (κ3) is 22.6. The van der Waals surface area contributed by atoms with Gasteiger partial charge in [-0.15, -0.1) is 0 Å². The van der Waals surface area contributed by atoms with Crippen LogP contribution in [0.5, 0.6) is 0 Å². The molecule has 0 saturated carbocycles. The fourth-order valence-electron chi connectivity index (χ4n) is 1.74. The quantitative estimate of drug-likeness (QED) is 0.306. The molecule has 0 aliphatic carbocycles. The maximum absolute atomic E-state index is 10.3. The summed E-state index contributed by atoms with van der Waals surface area (Å²) in [4.78, 5) is 10.3. The predicted molar refractivity (Wildman–Crippen MR) is 103 cm³/mol. The molecule has 2 heteroatoms. The molecule has 0 heterocycles. The molecule has 2 nitrogen and oxygen atoms in total. The highest BCUT2D eigenvalue weighted by molar-refractivity contribution is 5.66. The average Bonchev–Trinajstić information content (AvgIpc) is 2.50. The van der Waals surface area contributed by atoms with E-state index in [2.05, 4.69) is 67.7 Å². The van der Waals surface area contributed by atoms with Crippen LogP contribution in [0.1, 0.15) is 65.7 Å². The fraction of sp³-hybridized carbons (Fsp3) is 0.476. The largest absolute Gasteiger partial charge is 0.481 e. The van der Waals surface area contributed by atoms with Gasteiger partial charge in [0.2, 0.25) is 0 Å². The first-order valence-corrected chi connectivity index (χ1v) is 8.24. The Bertz CT molecular complexity index is 398. The van der Waals surface area contributed by atoms with Crippen LogP contribution in [0.3, 0.4) is 0 Å². The normalized spacial score (nSPS) is 12.2. The van der Waals surface area contributed by atoms with E-state index in [1.807, 2.05) is 0 Å². The van der Waals surface area contributed by atoms with Crippen LogP contribution in [-0.2, 0) is 4.79 Å². The molecule has 0 unspecified atom stereocenters. The molecule has 0 radical (unpaired) electrons. The number of hydrogen-bond acceptors (Lipinski definition) is 1. The third-order valence-corrected chi connectivity index (χ3v) is 2.92.